The summed E-state index contributed by atoms with van der Waals surface area (Å²) in [4.78, 5) is 21.3. The maximum atomic E-state index is 12.7. The van der Waals surface area contributed by atoms with Gasteiger partial charge in [-0.05, 0) is 56.2 Å². The lowest BCUT2D eigenvalue weighted by Crippen LogP contribution is -2.16. The van der Waals surface area contributed by atoms with Crippen LogP contribution in [0.25, 0.3) is 0 Å². The number of hydrogen-bond acceptors (Lipinski definition) is 5. The van der Waals surface area contributed by atoms with Crippen LogP contribution in [0.15, 0.2) is 48.5 Å². The second-order valence-corrected chi connectivity index (χ2v) is 6.27. The van der Waals surface area contributed by atoms with Crippen molar-refractivity contribution in [3.8, 4) is 6.07 Å². The van der Waals surface area contributed by atoms with E-state index in [4.69, 9.17) is 0 Å². The molecule has 2 aromatic carbocycles. The maximum Gasteiger partial charge on any atom is 0.274 e. The van der Waals surface area contributed by atoms with Gasteiger partial charge in [0.1, 0.15) is 11.8 Å². The molecular formula is C21H19N5O. The minimum atomic E-state index is -0.314. The van der Waals surface area contributed by atoms with Crippen molar-refractivity contribution in [1.29, 1.82) is 5.26 Å². The van der Waals surface area contributed by atoms with Gasteiger partial charge in [-0.25, -0.2) is 9.97 Å². The Morgan fingerprint density at radius 1 is 1.00 bits per heavy atom. The van der Waals surface area contributed by atoms with E-state index in [1.807, 2.05) is 38.1 Å². The topological polar surface area (TPSA) is 90.7 Å². The van der Waals surface area contributed by atoms with Crippen LogP contribution >= 0.6 is 0 Å². The van der Waals surface area contributed by atoms with Crippen LogP contribution in [0.1, 0.15) is 32.9 Å². The fraction of sp³-hybridized carbons (Fsp3) is 0.143. The molecule has 1 heterocycles. The molecule has 3 rings (SSSR count). The molecule has 1 aromatic heterocycles. The van der Waals surface area contributed by atoms with Gasteiger partial charge in [-0.2, -0.15) is 5.26 Å². The van der Waals surface area contributed by atoms with E-state index in [2.05, 4.69) is 26.7 Å². The van der Waals surface area contributed by atoms with Gasteiger partial charge in [-0.1, -0.05) is 24.3 Å². The molecule has 27 heavy (non-hydrogen) atoms. The van der Waals surface area contributed by atoms with Crippen LogP contribution < -0.4 is 10.6 Å². The van der Waals surface area contributed by atoms with Gasteiger partial charge in [0.25, 0.3) is 5.91 Å². The van der Waals surface area contributed by atoms with Crippen molar-refractivity contribution in [2.45, 2.75) is 20.8 Å². The van der Waals surface area contributed by atoms with E-state index in [0.29, 0.717) is 16.9 Å². The average molecular weight is 357 g/mol. The van der Waals surface area contributed by atoms with Crippen molar-refractivity contribution in [3.05, 3.63) is 76.6 Å². The molecule has 1 amide bonds. The highest BCUT2D eigenvalue weighted by atomic mass is 16.1. The smallest absolute Gasteiger partial charge is 0.274 e. The number of benzene rings is 2. The number of anilines is 3. The lowest BCUT2D eigenvalue weighted by Gasteiger charge is -2.11. The zero-order valence-corrected chi connectivity index (χ0v) is 15.4. The summed E-state index contributed by atoms with van der Waals surface area (Å²) in [6, 6.07) is 16.7. The number of hydrogen-bond donors (Lipinski definition) is 2. The molecule has 0 aliphatic rings. The van der Waals surface area contributed by atoms with Crippen LogP contribution in [-0.2, 0) is 0 Å². The van der Waals surface area contributed by atoms with E-state index in [9.17, 15) is 10.1 Å². The van der Waals surface area contributed by atoms with E-state index < -0.39 is 0 Å². The standard InChI is InChI=1S/C21H19N5O/c1-13-8-9-14(2)18(10-13)24-20(27)19-11-15(3)23-21(26-19)25-17-7-5-4-6-16(17)12-22/h4-11H,1-3H3,(H,24,27)(H,23,25,26). The number of carbonyl (C=O) groups excluding carboxylic acids is 1. The largest absolute Gasteiger partial charge is 0.323 e. The normalized spacial score (nSPS) is 10.1. The summed E-state index contributed by atoms with van der Waals surface area (Å²) in [5.74, 6) is -0.0466. The van der Waals surface area contributed by atoms with E-state index >= 15 is 0 Å². The zero-order chi connectivity index (χ0) is 19.4. The molecule has 2 N–H and O–H groups in total. The van der Waals surface area contributed by atoms with Gasteiger partial charge in [0.2, 0.25) is 5.95 Å². The van der Waals surface area contributed by atoms with Crippen molar-refractivity contribution < 1.29 is 4.79 Å². The molecule has 0 saturated carbocycles. The number of nitrogens with one attached hydrogen (secondary N) is 2. The van der Waals surface area contributed by atoms with Gasteiger partial charge >= 0.3 is 0 Å². The van der Waals surface area contributed by atoms with Crippen LogP contribution in [0.2, 0.25) is 0 Å². The first-order valence-electron chi connectivity index (χ1n) is 8.46. The lowest BCUT2D eigenvalue weighted by molar-refractivity contribution is 0.102. The Labute approximate surface area is 157 Å². The zero-order valence-electron chi connectivity index (χ0n) is 15.4. The summed E-state index contributed by atoms with van der Waals surface area (Å²) < 4.78 is 0. The van der Waals surface area contributed by atoms with Crippen molar-refractivity contribution in [2.24, 2.45) is 0 Å². The summed E-state index contributed by atoms with van der Waals surface area (Å²) in [7, 11) is 0. The Hall–Kier alpha value is -3.72. The molecule has 0 radical (unpaired) electrons. The van der Waals surface area contributed by atoms with Crippen molar-refractivity contribution in [2.75, 3.05) is 10.6 Å². The predicted octanol–water partition coefficient (Wildman–Crippen LogP) is 4.27. The van der Waals surface area contributed by atoms with Gasteiger partial charge in [0, 0.05) is 11.4 Å². The molecule has 0 aliphatic heterocycles. The van der Waals surface area contributed by atoms with Gasteiger partial charge in [0.15, 0.2) is 0 Å². The quantitative estimate of drug-likeness (QED) is 0.728. The molecule has 0 aliphatic carbocycles. The number of amides is 1. The Morgan fingerprint density at radius 2 is 1.78 bits per heavy atom. The molecule has 0 unspecified atom stereocenters. The third-order valence-corrected chi connectivity index (χ3v) is 4.02. The Bertz CT molecular complexity index is 1050. The van der Waals surface area contributed by atoms with E-state index in [0.717, 1.165) is 16.8 Å². The Kier molecular flexibility index (Phi) is 5.13. The number of aryl methyl sites for hydroxylation is 3. The van der Waals surface area contributed by atoms with E-state index in [-0.39, 0.29) is 17.5 Å². The fourth-order valence-electron chi connectivity index (χ4n) is 2.61. The van der Waals surface area contributed by atoms with Gasteiger partial charge in [-0.3, -0.25) is 4.79 Å². The Balaban J connectivity index is 1.88. The first-order valence-corrected chi connectivity index (χ1v) is 8.46. The fourth-order valence-corrected chi connectivity index (χ4v) is 2.61. The van der Waals surface area contributed by atoms with Crippen LogP contribution in [0.4, 0.5) is 17.3 Å². The monoisotopic (exact) mass is 357 g/mol. The van der Waals surface area contributed by atoms with Crippen molar-refractivity contribution >= 4 is 23.2 Å². The first kappa shape index (κ1) is 18.1. The van der Waals surface area contributed by atoms with Gasteiger partial charge in [-0.15, -0.1) is 0 Å². The molecule has 0 spiro atoms. The first-order chi connectivity index (χ1) is 13.0. The number of para-hydroxylation sites is 1. The van der Waals surface area contributed by atoms with Gasteiger partial charge < -0.3 is 10.6 Å². The number of nitrogens with zero attached hydrogens (tertiary/aromatic N) is 3. The van der Waals surface area contributed by atoms with Crippen LogP contribution in [0.5, 0.6) is 0 Å². The summed E-state index contributed by atoms with van der Waals surface area (Å²) in [6.07, 6.45) is 0. The molecule has 0 bridgehead atoms. The highest BCUT2D eigenvalue weighted by Crippen LogP contribution is 2.20. The maximum absolute atomic E-state index is 12.7. The minimum absolute atomic E-state index is 0.250. The molecule has 0 saturated heterocycles. The second kappa shape index (κ2) is 7.67. The number of aromatic nitrogens is 2. The number of rotatable bonds is 4. The lowest BCUT2D eigenvalue weighted by atomic mass is 10.1. The third kappa shape index (κ3) is 4.28. The molecule has 6 heteroatoms. The summed E-state index contributed by atoms with van der Waals surface area (Å²) >= 11 is 0. The third-order valence-electron chi connectivity index (χ3n) is 4.02. The van der Waals surface area contributed by atoms with E-state index in [1.54, 1.807) is 31.2 Å². The predicted molar refractivity (Wildman–Crippen MR) is 105 cm³/mol. The molecule has 3 aromatic rings. The van der Waals surface area contributed by atoms with Gasteiger partial charge in [0.05, 0.1) is 11.3 Å². The highest BCUT2D eigenvalue weighted by Gasteiger charge is 2.13. The van der Waals surface area contributed by atoms with Crippen LogP contribution in [-0.4, -0.2) is 15.9 Å². The second-order valence-electron chi connectivity index (χ2n) is 6.27. The molecule has 134 valence electrons. The number of nitriles is 1. The summed E-state index contributed by atoms with van der Waals surface area (Å²) in [6.45, 7) is 5.70. The molecule has 0 fully saturated rings. The summed E-state index contributed by atoms with van der Waals surface area (Å²) in [5, 5.41) is 15.1. The van der Waals surface area contributed by atoms with Crippen molar-refractivity contribution in [3.63, 3.8) is 0 Å². The minimum Gasteiger partial charge on any atom is -0.323 e. The van der Waals surface area contributed by atoms with Crippen LogP contribution in [0, 0.1) is 32.1 Å². The van der Waals surface area contributed by atoms with E-state index in [1.165, 1.54) is 0 Å². The molecule has 0 atom stereocenters. The molecule has 6 nitrogen and oxygen atoms in total. The Morgan fingerprint density at radius 3 is 2.56 bits per heavy atom. The van der Waals surface area contributed by atoms with Crippen LogP contribution in [0.3, 0.4) is 0 Å². The highest BCUT2D eigenvalue weighted by molar-refractivity contribution is 6.03. The SMILES string of the molecule is Cc1ccc(C)c(NC(=O)c2cc(C)nc(Nc3ccccc3C#N)n2)c1. The molecular weight excluding hydrogens is 338 g/mol. The average Bonchev–Trinajstić information content (AvgIpc) is 2.64. The summed E-state index contributed by atoms with van der Waals surface area (Å²) in [5.41, 5.74) is 4.75. The number of carbonyl (C=O) groups is 1. The van der Waals surface area contributed by atoms with Crippen molar-refractivity contribution in [1.82, 2.24) is 9.97 Å².